The highest BCUT2D eigenvalue weighted by molar-refractivity contribution is 5.92. The third kappa shape index (κ3) is 7.39. The predicted molar refractivity (Wildman–Crippen MR) is 113 cm³/mol. The molecular weight excluding hydrogens is 384 g/mol. The summed E-state index contributed by atoms with van der Waals surface area (Å²) in [7, 11) is 0. The molecule has 0 saturated carbocycles. The number of nitrogens with one attached hydrogen (secondary N) is 2. The van der Waals surface area contributed by atoms with E-state index in [0.717, 1.165) is 5.56 Å². The van der Waals surface area contributed by atoms with Crippen LogP contribution in [0.5, 0.6) is 0 Å². The molecule has 0 aliphatic heterocycles. The molecule has 0 fully saturated rings. The van der Waals surface area contributed by atoms with E-state index in [2.05, 4.69) is 10.6 Å². The Morgan fingerprint density at radius 1 is 1.13 bits per heavy atom. The Morgan fingerprint density at radius 3 is 2.23 bits per heavy atom. The standard InChI is InChI=1S/C22H32N4O4/c1-14(2)24-19(27)18(17-11-9-8-10-15(17)3)26(13-12-23)20(28)16(4)25-21(29)30-22(5,6)7/h8-11,14,16,18H,13H2,1-7H3,(H,24,27)(H,25,29). The summed E-state index contributed by atoms with van der Waals surface area (Å²) >= 11 is 0. The maximum Gasteiger partial charge on any atom is 0.408 e. The molecule has 0 bridgehead atoms. The van der Waals surface area contributed by atoms with E-state index in [4.69, 9.17) is 4.74 Å². The Bertz CT molecular complexity index is 808. The lowest BCUT2D eigenvalue weighted by Gasteiger charge is -2.33. The van der Waals surface area contributed by atoms with Crippen molar-refractivity contribution in [3.05, 3.63) is 35.4 Å². The number of ether oxygens (including phenoxy) is 1. The first-order valence-corrected chi connectivity index (χ1v) is 9.90. The zero-order valence-corrected chi connectivity index (χ0v) is 18.8. The van der Waals surface area contributed by atoms with Crippen LogP contribution in [0, 0.1) is 18.3 Å². The van der Waals surface area contributed by atoms with Gasteiger partial charge in [-0.05, 0) is 59.6 Å². The fourth-order valence-electron chi connectivity index (χ4n) is 2.88. The average Bonchev–Trinajstić information content (AvgIpc) is 2.59. The van der Waals surface area contributed by atoms with Gasteiger partial charge in [-0.25, -0.2) is 4.79 Å². The van der Waals surface area contributed by atoms with Crippen LogP contribution >= 0.6 is 0 Å². The SMILES string of the molecule is Cc1ccccc1C(C(=O)NC(C)C)N(CC#N)C(=O)C(C)NC(=O)OC(C)(C)C. The van der Waals surface area contributed by atoms with Crippen LogP contribution in [0.1, 0.15) is 58.7 Å². The van der Waals surface area contributed by atoms with Crippen LogP contribution < -0.4 is 10.6 Å². The second-order valence-corrected chi connectivity index (χ2v) is 8.41. The molecule has 0 saturated heterocycles. The molecule has 0 radical (unpaired) electrons. The van der Waals surface area contributed by atoms with Gasteiger partial charge in [0.15, 0.2) is 0 Å². The van der Waals surface area contributed by atoms with Gasteiger partial charge in [-0.3, -0.25) is 9.59 Å². The first-order valence-electron chi connectivity index (χ1n) is 9.90. The minimum atomic E-state index is -1.01. The molecule has 2 atom stereocenters. The van der Waals surface area contributed by atoms with E-state index in [1.807, 2.05) is 39.0 Å². The number of hydrogen-bond acceptors (Lipinski definition) is 5. The summed E-state index contributed by atoms with van der Waals surface area (Å²) in [6.07, 6.45) is -0.751. The average molecular weight is 417 g/mol. The number of amides is 3. The van der Waals surface area contributed by atoms with E-state index in [1.54, 1.807) is 32.9 Å². The molecule has 0 heterocycles. The number of alkyl carbamates (subject to hydrolysis) is 1. The molecule has 3 amide bonds. The first-order chi connectivity index (χ1) is 13.9. The monoisotopic (exact) mass is 416 g/mol. The van der Waals surface area contributed by atoms with Gasteiger partial charge in [-0.1, -0.05) is 24.3 Å². The van der Waals surface area contributed by atoms with E-state index in [0.29, 0.717) is 5.56 Å². The minimum Gasteiger partial charge on any atom is -0.444 e. The van der Waals surface area contributed by atoms with Gasteiger partial charge in [0, 0.05) is 6.04 Å². The van der Waals surface area contributed by atoms with E-state index < -0.39 is 35.6 Å². The zero-order valence-electron chi connectivity index (χ0n) is 18.8. The fourth-order valence-corrected chi connectivity index (χ4v) is 2.88. The third-order valence-corrected chi connectivity index (χ3v) is 4.10. The van der Waals surface area contributed by atoms with Crippen LogP contribution in [0.3, 0.4) is 0 Å². The molecule has 2 N–H and O–H groups in total. The van der Waals surface area contributed by atoms with Gasteiger partial charge >= 0.3 is 6.09 Å². The van der Waals surface area contributed by atoms with E-state index >= 15 is 0 Å². The second kappa shape index (κ2) is 10.6. The summed E-state index contributed by atoms with van der Waals surface area (Å²) in [5, 5.41) is 14.6. The molecule has 0 aliphatic rings. The summed E-state index contributed by atoms with van der Waals surface area (Å²) in [6, 6.07) is 6.99. The number of aryl methyl sites for hydroxylation is 1. The highest BCUT2D eigenvalue weighted by Gasteiger charge is 2.35. The number of carbonyl (C=O) groups excluding carboxylic acids is 3. The summed E-state index contributed by atoms with van der Waals surface area (Å²) in [6.45, 7) is 11.8. The van der Waals surface area contributed by atoms with Crippen LogP contribution in [-0.2, 0) is 14.3 Å². The van der Waals surface area contributed by atoms with Crippen molar-refractivity contribution in [2.24, 2.45) is 0 Å². The number of rotatable bonds is 7. The Labute approximate surface area is 178 Å². The van der Waals surface area contributed by atoms with Crippen molar-refractivity contribution >= 4 is 17.9 Å². The maximum atomic E-state index is 13.2. The van der Waals surface area contributed by atoms with Crippen molar-refractivity contribution < 1.29 is 19.1 Å². The Hall–Kier alpha value is -3.08. The van der Waals surface area contributed by atoms with Gasteiger partial charge in [-0.2, -0.15) is 5.26 Å². The van der Waals surface area contributed by atoms with E-state index in [-0.39, 0.29) is 12.6 Å². The summed E-state index contributed by atoms with van der Waals surface area (Å²) in [5.41, 5.74) is 0.702. The maximum absolute atomic E-state index is 13.2. The summed E-state index contributed by atoms with van der Waals surface area (Å²) < 4.78 is 5.20. The van der Waals surface area contributed by atoms with Crippen LogP contribution in [0.2, 0.25) is 0 Å². The van der Waals surface area contributed by atoms with E-state index in [1.165, 1.54) is 11.8 Å². The molecular formula is C22H32N4O4. The molecule has 1 aromatic rings. The molecule has 0 spiro atoms. The molecule has 0 aromatic heterocycles. The van der Waals surface area contributed by atoms with Crippen molar-refractivity contribution in [1.82, 2.24) is 15.5 Å². The van der Waals surface area contributed by atoms with Gasteiger partial charge in [0.1, 0.15) is 24.2 Å². The largest absolute Gasteiger partial charge is 0.444 e. The lowest BCUT2D eigenvalue weighted by atomic mass is 9.98. The number of nitrogens with zero attached hydrogens (tertiary/aromatic N) is 2. The number of benzene rings is 1. The fraction of sp³-hybridized carbons (Fsp3) is 0.545. The third-order valence-electron chi connectivity index (χ3n) is 4.10. The molecule has 2 unspecified atom stereocenters. The predicted octanol–water partition coefficient (Wildman–Crippen LogP) is 2.83. The molecule has 164 valence electrons. The molecule has 1 rings (SSSR count). The van der Waals surface area contributed by atoms with Gasteiger partial charge in [0.2, 0.25) is 11.8 Å². The van der Waals surface area contributed by atoms with Gasteiger partial charge in [-0.15, -0.1) is 0 Å². The smallest absolute Gasteiger partial charge is 0.408 e. The normalized spacial score (nSPS) is 13.0. The first kappa shape index (κ1) is 25.0. The highest BCUT2D eigenvalue weighted by atomic mass is 16.6. The topological polar surface area (TPSA) is 112 Å². The van der Waals surface area contributed by atoms with Crippen LogP contribution in [0.4, 0.5) is 4.79 Å². The Morgan fingerprint density at radius 2 is 1.73 bits per heavy atom. The van der Waals surface area contributed by atoms with Crippen molar-refractivity contribution in [1.29, 1.82) is 5.26 Å². The van der Waals surface area contributed by atoms with Crippen molar-refractivity contribution in [2.75, 3.05) is 6.54 Å². The Kier molecular flexibility index (Phi) is 8.84. The van der Waals surface area contributed by atoms with Crippen LogP contribution in [0.25, 0.3) is 0 Å². The quantitative estimate of drug-likeness (QED) is 0.664. The molecule has 8 heteroatoms. The lowest BCUT2D eigenvalue weighted by molar-refractivity contribution is -0.141. The summed E-state index contributed by atoms with van der Waals surface area (Å²) in [5.74, 6) is -0.957. The molecule has 30 heavy (non-hydrogen) atoms. The van der Waals surface area contributed by atoms with Crippen molar-refractivity contribution in [3.63, 3.8) is 0 Å². The van der Waals surface area contributed by atoms with Gasteiger partial charge in [0.25, 0.3) is 0 Å². The molecule has 0 aliphatic carbocycles. The molecule has 1 aromatic carbocycles. The van der Waals surface area contributed by atoms with Crippen LogP contribution in [0.15, 0.2) is 24.3 Å². The lowest BCUT2D eigenvalue weighted by Crippen LogP contribution is -2.52. The number of hydrogen-bond donors (Lipinski definition) is 2. The summed E-state index contributed by atoms with van der Waals surface area (Å²) in [4.78, 5) is 39.5. The Balaban J connectivity index is 3.26. The van der Waals surface area contributed by atoms with Crippen molar-refractivity contribution in [2.45, 2.75) is 72.2 Å². The zero-order chi connectivity index (χ0) is 23.1. The molecule has 8 nitrogen and oxygen atoms in total. The van der Waals surface area contributed by atoms with E-state index in [9.17, 15) is 19.6 Å². The van der Waals surface area contributed by atoms with Gasteiger partial charge in [0.05, 0.1) is 6.07 Å². The number of carbonyl (C=O) groups is 3. The van der Waals surface area contributed by atoms with Crippen molar-refractivity contribution in [3.8, 4) is 6.07 Å². The van der Waals surface area contributed by atoms with Crippen LogP contribution in [-0.4, -0.2) is 47.0 Å². The number of nitriles is 1. The minimum absolute atomic E-state index is 0.152. The second-order valence-electron chi connectivity index (χ2n) is 8.41. The highest BCUT2D eigenvalue weighted by Crippen LogP contribution is 2.25. The van der Waals surface area contributed by atoms with Gasteiger partial charge < -0.3 is 20.3 Å².